The van der Waals surface area contributed by atoms with Crippen LogP contribution in [0.25, 0.3) is 0 Å². The SMILES string of the molecule is CCOc1ccc(OCC(=O)N2C[C@H]3CNC[C@H]3C2)cc1.Cl. The number of likely N-dealkylation sites (tertiary alicyclic amines) is 1. The summed E-state index contributed by atoms with van der Waals surface area (Å²) in [4.78, 5) is 14.1. The predicted molar refractivity (Wildman–Crippen MR) is 86.8 cm³/mol. The van der Waals surface area contributed by atoms with Crippen molar-refractivity contribution in [2.45, 2.75) is 6.92 Å². The lowest BCUT2D eigenvalue weighted by atomic mass is 10.0. The van der Waals surface area contributed by atoms with E-state index < -0.39 is 0 Å². The van der Waals surface area contributed by atoms with E-state index in [1.807, 2.05) is 36.1 Å². The molecule has 2 aliphatic rings. The van der Waals surface area contributed by atoms with Crippen molar-refractivity contribution in [3.05, 3.63) is 24.3 Å². The fourth-order valence-corrected chi connectivity index (χ4v) is 3.09. The molecule has 6 heteroatoms. The average Bonchev–Trinajstić information content (AvgIpc) is 3.08. The molecular weight excluding hydrogens is 304 g/mol. The number of halogens is 1. The van der Waals surface area contributed by atoms with E-state index in [2.05, 4.69) is 5.32 Å². The minimum atomic E-state index is 0. The number of nitrogens with one attached hydrogen (secondary N) is 1. The summed E-state index contributed by atoms with van der Waals surface area (Å²) >= 11 is 0. The number of ether oxygens (including phenoxy) is 2. The van der Waals surface area contributed by atoms with Gasteiger partial charge in [-0.1, -0.05) is 0 Å². The second-order valence-corrected chi connectivity index (χ2v) is 5.67. The number of hydrogen-bond donors (Lipinski definition) is 1. The molecule has 122 valence electrons. The van der Waals surface area contributed by atoms with Crippen molar-refractivity contribution in [3.63, 3.8) is 0 Å². The molecule has 0 unspecified atom stereocenters. The van der Waals surface area contributed by atoms with Crippen LogP contribution in [0.15, 0.2) is 24.3 Å². The Hall–Kier alpha value is -1.46. The second-order valence-electron chi connectivity index (χ2n) is 5.67. The molecule has 2 heterocycles. The van der Waals surface area contributed by atoms with Crippen LogP contribution >= 0.6 is 12.4 Å². The fourth-order valence-electron chi connectivity index (χ4n) is 3.09. The Morgan fingerprint density at radius 3 is 2.23 bits per heavy atom. The monoisotopic (exact) mass is 326 g/mol. The topological polar surface area (TPSA) is 50.8 Å². The maximum atomic E-state index is 12.2. The average molecular weight is 327 g/mol. The Morgan fingerprint density at radius 1 is 1.14 bits per heavy atom. The van der Waals surface area contributed by atoms with Gasteiger partial charge in [0, 0.05) is 26.2 Å². The third-order valence-corrected chi connectivity index (χ3v) is 4.24. The van der Waals surface area contributed by atoms with Gasteiger partial charge in [-0.3, -0.25) is 4.79 Å². The highest BCUT2D eigenvalue weighted by atomic mass is 35.5. The Labute approximate surface area is 137 Å². The van der Waals surface area contributed by atoms with E-state index >= 15 is 0 Å². The molecule has 0 bridgehead atoms. The second kappa shape index (κ2) is 7.70. The summed E-state index contributed by atoms with van der Waals surface area (Å²) in [5.74, 6) is 2.85. The van der Waals surface area contributed by atoms with Crippen LogP contribution in [0, 0.1) is 11.8 Å². The molecule has 3 rings (SSSR count). The fraction of sp³-hybridized carbons (Fsp3) is 0.562. The number of rotatable bonds is 5. The van der Waals surface area contributed by atoms with Crippen LogP contribution in [-0.2, 0) is 4.79 Å². The van der Waals surface area contributed by atoms with E-state index in [0.717, 1.165) is 31.9 Å². The van der Waals surface area contributed by atoms with Gasteiger partial charge in [0.15, 0.2) is 6.61 Å². The molecule has 0 aliphatic carbocycles. The first-order chi connectivity index (χ1) is 10.3. The predicted octanol–water partition coefficient (Wildman–Crippen LogP) is 1.56. The van der Waals surface area contributed by atoms with Gasteiger partial charge in [0.25, 0.3) is 5.91 Å². The van der Waals surface area contributed by atoms with Crippen LogP contribution in [0.4, 0.5) is 0 Å². The van der Waals surface area contributed by atoms with Gasteiger partial charge in [-0.05, 0) is 43.0 Å². The molecule has 2 fully saturated rings. The summed E-state index contributed by atoms with van der Waals surface area (Å²) in [6.07, 6.45) is 0. The molecule has 5 nitrogen and oxygen atoms in total. The Kier molecular flexibility index (Phi) is 5.91. The normalized spacial score (nSPS) is 22.9. The highest BCUT2D eigenvalue weighted by Gasteiger charge is 2.37. The zero-order valence-corrected chi connectivity index (χ0v) is 13.6. The first kappa shape index (κ1) is 16.9. The summed E-state index contributed by atoms with van der Waals surface area (Å²) in [6, 6.07) is 7.38. The summed E-state index contributed by atoms with van der Waals surface area (Å²) in [5.41, 5.74) is 0. The maximum Gasteiger partial charge on any atom is 0.260 e. The van der Waals surface area contributed by atoms with E-state index in [1.165, 1.54) is 0 Å². The van der Waals surface area contributed by atoms with Gasteiger partial charge >= 0.3 is 0 Å². The summed E-state index contributed by atoms with van der Waals surface area (Å²) < 4.78 is 10.9. The van der Waals surface area contributed by atoms with Gasteiger partial charge in [0.2, 0.25) is 0 Å². The van der Waals surface area contributed by atoms with Crippen molar-refractivity contribution in [2.75, 3.05) is 39.4 Å². The largest absolute Gasteiger partial charge is 0.494 e. The minimum absolute atomic E-state index is 0. The number of hydrogen-bond acceptors (Lipinski definition) is 4. The summed E-state index contributed by atoms with van der Waals surface area (Å²) in [7, 11) is 0. The Bertz CT molecular complexity index is 483. The molecular formula is C16H23ClN2O3. The van der Waals surface area contributed by atoms with Crippen LogP contribution < -0.4 is 14.8 Å². The van der Waals surface area contributed by atoms with Gasteiger partial charge in [-0.2, -0.15) is 0 Å². The molecule has 0 saturated carbocycles. The van der Waals surface area contributed by atoms with E-state index in [-0.39, 0.29) is 24.9 Å². The van der Waals surface area contributed by atoms with Gasteiger partial charge in [-0.25, -0.2) is 0 Å². The molecule has 0 radical (unpaired) electrons. The van der Waals surface area contributed by atoms with Crippen LogP contribution in [-0.4, -0.2) is 50.2 Å². The molecule has 1 aromatic rings. The van der Waals surface area contributed by atoms with E-state index in [4.69, 9.17) is 9.47 Å². The zero-order valence-electron chi connectivity index (χ0n) is 12.8. The molecule has 0 aromatic heterocycles. The van der Waals surface area contributed by atoms with E-state index in [9.17, 15) is 4.79 Å². The highest BCUT2D eigenvalue weighted by Crippen LogP contribution is 2.26. The molecule has 0 spiro atoms. The lowest BCUT2D eigenvalue weighted by Gasteiger charge is -2.17. The molecule has 2 atom stereocenters. The first-order valence-corrected chi connectivity index (χ1v) is 7.60. The lowest BCUT2D eigenvalue weighted by Crippen LogP contribution is -2.35. The number of benzene rings is 1. The molecule has 1 N–H and O–H groups in total. The number of fused-ring (bicyclic) bond motifs is 1. The number of carbonyl (C=O) groups excluding carboxylic acids is 1. The van der Waals surface area contributed by atoms with Crippen molar-refractivity contribution in [3.8, 4) is 11.5 Å². The third kappa shape index (κ3) is 3.84. The van der Waals surface area contributed by atoms with Crippen LogP contribution in [0.2, 0.25) is 0 Å². The third-order valence-electron chi connectivity index (χ3n) is 4.24. The summed E-state index contributed by atoms with van der Waals surface area (Å²) in [5, 5.41) is 3.38. The highest BCUT2D eigenvalue weighted by molar-refractivity contribution is 5.85. The maximum absolute atomic E-state index is 12.2. The van der Waals surface area contributed by atoms with Crippen LogP contribution in [0.5, 0.6) is 11.5 Å². The molecule has 1 aromatic carbocycles. The lowest BCUT2D eigenvalue weighted by molar-refractivity contribution is -0.132. The first-order valence-electron chi connectivity index (χ1n) is 7.60. The van der Waals surface area contributed by atoms with Gasteiger partial charge in [-0.15, -0.1) is 12.4 Å². The van der Waals surface area contributed by atoms with E-state index in [1.54, 1.807) is 0 Å². The number of amides is 1. The number of nitrogens with zero attached hydrogens (tertiary/aromatic N) is 1. The van der Waals surface area contributed by atoms with Crippen molar-refractivity contribution in [2.24, 2.45) is 11.8 Å². The quantitative estimate of drug-likeness (QED) is 0.892. The molecule has 2 aliphatic heterocycles. The Morgan fingerprint density at radius 2 is 1.68 bits per heavy atom. The smallest absolute Gasteiger partial charge is 0.260 e. The van der Waals surface area contributed by atoms with Crippen molar-refractivity contribution in [1.29, 1.82) is 0 Å². The molecule has 2 saturated heterocycles. The van der Waals surface area contributed by atoms with E-state index in [0.29, 0.717) is 24.2 Å². The van der Waals surface area contributed by atoms with Crippen molar-refractivity contribution < 1.29 is 14.3 Å². The standard InChI is InChI=1S/C16H22N2O3.ClH/c1-2-20-14-3-5-15(6-4-14)21-11-16(19)18-9-12-7-17-8-13(12)10-18;/h3-6,12-13,17H,2,7-11H2,1H3;1H/t12-,13+;. The zero-order chi connectivity index (χ0) is 14.7. The van der Waals surface area contributed by atoms with Gasteiger partial charge in [0.05, 0.1) is 6.61 Å². The minimum Gasteiger partial charge on any atom is -0.494 e. The van der Waals surface area contributed by atoms with Crippen molar-refractivity contribution in [1.82, 2.24) is 10.2 Å². The van der Waals surface area contributed by atoms with Crippen LogP contribution in [0.1, 0.15) is 6.92 Å². The molecule has 1 amide bonds. The van der Waals surface area contributed by atoms with Crippen molar-refractivity contribution >= 4 is 18.3 Å². The van der Waals surface area contributed by atoms with Gasteiger partial charge < -0.3 is 19.7 Å². The van der Waals surface area contributed by atoms with Gasteiger partial charge in [0.1, 0.15) is 11.5 Å². The van der Waals surface area contributed by atoms with Crippen LogP contribution in [0.3, 0.4) is 0 Å². The number of carbonyl (C=O) groups is 1. The molecule has 22 heavy (non-hydrogen) atoms. The summed E-state index contributed by atoms with van der Waals surface area (Å²) in [6.45, 7) is 6.50. The Balaban J connectivity index is 0.00000176.